The molecule has 2 rings (SSSR count). The molecule has 0 aliphatic heterocycles. The van der Waals surface area contributed by atoms with Crippen LogP contribution in [0.25, 0.3) is 0 Å². The summed E-state index contributed by atoms with van der Waals surface area (Å²) in [6, 6.07) is 6.20. The van der Waals surface area contributed by atoms with E-state index in [1.165, 1.54) is 17.4 Å². The van der Waals surface area contributed by atoms with E-state index >= 15 is 0 Å². The van der Waals surface area contributed by atoms with E-state index in [9.17, 15) is 4.39 Å². The lowest BCUT2D eigenvalue weighted by molar-refractivity contribution is 0.289. The Bertz CT molecular complexity index is 460. The second kappa shape index (κ2) is 4.22. The Morgan fingerprint density at radius 1 is 1.33 bits per heavy atom. The largest absolute Gasteiger partial charge is 0.483 e. The summed E-state index contributed by atoms with van der Waals surface area (Å²) in [5, 5.41) is 8.38. The number of ether oxygens (including phenoxy) is 1. The molecule has 0 atom stereocenters. The summed E-state index contributed by atoms with van der Waals surface area (Å²) in [4.78, 5) is 0. The first kappa shape index (κ1) is 9.85. The second-order valence-corrected chi connectivity index (χ2v) is 3.85. The Morgan fingerprint density at radius 3 is 2.80 bits per heavy atom. The zero-order valence-corrected chi connectivity index (χ0v) is 8.50. The second-order valence-electron chi connectivity index (χ2n) is 2.75. The van der Waals surface area contributed by atoms with Crippen LogP contribution in [0.2, 0.25) is 0 Å². The summed E-state index contributed by atoms with van der Waals surface area (Å²) < 4.78 is 18.3. The number of para-hydroxylation sites is 1. The number of anilines is 1. The quantitative estimate of drug-likeness (QED) is 0.865. The molecule has 0 radical (unpaired) electrons. The van der Waals surface area contributed by atoms with Gasteiger partial charge in [-0.15, -0.1) is 10.2 Å². The molecular weight excluding hydrogens is 217 g/mol. The summed E-state index contributed by atoms with van der Waals surface area (Å²) in [7, 11) is 0. The van der Waals surface area contributed by atoms with E-state index in [2.05, 4.69) is 10.2 Å². The molecule has 0 spiro atoms. The van der Waals surface area contributed by atoms with E-state index in [-0.39, 0.29) is 12.4 Å². The number of hydrogen-bond donors (Lipinski definition) is 1. The van der Waals surface area contributed by atoms with Crippen LogP contribution in [-0.4, -0.2) is 10.2 Å². The summed E-state index contributed by atoms with van der Waals surface area (Å²) in [5.41, 5.74) is 5.39. The zero-order chi connectivity index (χ0) is 10.7. The van der Waals surface area contributed by atoms with E-state index in [1.807, 2.05) is 0 Å². The fraction of sp³-hybridized carbons (Fsp3) is 0.111. The van der Waals surface area contributed by atoms with Crippen molar-refractivity contribution < 1.29 is 9.13 Å². The van der Waals surface area contributed by atoms with Gasteiger partial charge in [-0.1, -0.05) is 23.5 Å². The number of benzene rings is 1. The van der Waals surface area contributed by atoms with Gasteiger partial charge in [-0.05, 0) is 12.1 Å². The van der Waals surface area contributed by atoms with Crippen molar-refractivity contribution in [3.8, 4) is 5.75 Å². The van der Waals surface area contributed by atoms with Crippen LogP contribution in [0.15, 0.2) is 24.3 Å². The first-order valence-electron chi connectivity index (χ1n) is 4.21. The molecule has 0 unspecified atom stereocenters. The third-order valence-electron chi connectivity index (χ3n) is 1.67. The maximum Gasteiger partial charge on any atom is 0.203 e. The highest BCUT2D eigenvalue weighted by Crippen LogP contribution is 2.18. The van der Waals surface area contributed by atoms with Crippen LogP contribution in [0.3, 0.4) is 0 Å². The van der Waals surface area contributed by atoms with Crippen LogP contribution in [0.5, 0.6) is 5.75 Å². The molecule has 0 bridgehead atoms. The summed E-state index contributed by atoms with van der Waals surface area (Å²) in [5.74, 6) is -0.193. The topological polar surface area (TPSA) is 61.0 Å². The first-order valence-corrected chi connectivity index (χ1v) is 5.02. The van der Waals surface area contributed by atoms with Crippen LogP contribution in [0, 0.1) is 5.82 Å². The molecule has 2 aromatic rings. The molecule has 0 saturated heterocycles. The molecule has 0 saturated carbocycles. The predicted octanol–water partition coefficient (Wildman–Crippen LogP) is 1.84. The Balaban J connectivity index is 2.02. The van der Waals surface area contributed by atoms with Gasteiger partial charge in [0.25, 0.3) is 0 Å². The van der Waals surface area contributed by atoms with Crippen molar-refractivity contribution in [1.82, 2.24) is 10.2 Å². The van der Waals surface area contributed by atoms with E-state index in [1.54, 1.807) is 18.2 Å². The van der Waals surface area contributed by atoms with Crippen molar-refractivity contribution in [2.75, 3.05) is 5.73 Å². The molecule has 1 heterocycles. The minimum Gasteiger partial charge on any atom is -0.483 e. The molecule has 78 valence electrons. The highest BCUT2D eigenvalue weighted by molar-refractivity contribution is 7.15. The molecule has 2 N–H and O–H groups in total. The monoisotopic (exact) mass is 225 g/mol. The third-order valence-corrected chi connectivity index (χ3v) is 2.40. The average Bonchev–Trinajstić information content (AvgIpc) is 2.63. The van der Waals surface area contributed by atoms with E-state index in [0.29, 0.717) is 10.1 Å². The minimum absolute atomic E-state index is 0.176. The standard InChI is InChI=1S/C9H8FN3OS/c10-6-3-1-2-4-7(6)14-5-8-12-13-9(11)15-8/h1-4H,5H2,(H2,11,13). The summed E-state index contributed by atoms with van der Waals surface area (Å²) >= 11 is 1.22. The zero-order valence-electron chi connectivity index (χ0n) is 7.68. The maximum absolute atomic E-state index is 13.1. The van der Waals surface area contributed by atoms with Gasteiger partial charge in [0.1, 0.15) is 6.61 Å². The Hall–Kier alpha value is -1.69. The van der Waals surface area contributed by atoms with E-state index < -0.39 is 5.82 Å². The fourth-order valence-corrected chi connectivity index (χ4v) is 1.55. The number of nitrogens with zero attached hydrogens (tertiary/aromatic N) is 2. The number of aromatic nitrogens is 2. The van der Waals surface area contributed by atoms with Gasteiger partial charge in [0, 0.05) is 0 Å². The summed E-state index contributed by atoms with van der Waals surface area (Å²) in [6.45, 7) is 0.176. The van der Waals surface area contributed by atoms with Crippen molar-refractivity contribution in [2.45, 2.75) is 6.61 Å². The SMILES string of the molecule is Nc1nnc(COc2ccccc2F)s1. The van der Waals surface area contributed by atoms with Gasteiger partial charge in [-0.3, -0.25) is 0 Å². The lowest BCUT2D eigenvalue weighted by atomic mass is 10.3. The molecule has 15 heavy (non-hydrogen) atoms. The number of hydrogen-bond acceptors (Lipinski definition) is 5. The molecule has 0 fully saturated rings. The van der Waals surface area contributed by atoms with Gasteiger partial charge in [0.05, 0.1) is 0 Å². The van der Waals surface area contributed by atoms with Gasteiger partial charge >= 0.3 is 0 Å². The molecule has 0 aliphatic rings. The van der Waals surface area contributed by atoms with Crippen LogP contribution < -0.4 is 10.5 Å². The van der Waals surface area contributed by atoms with Gasteiger partial charge in [0.15, 0.2) is 16.6 Å². The van der Waals surface area contributed by atoms with Crippen LogP contribution in [0.1, 0.15) is 5.01 Å². The highest BCUT2D eigenvalue weighted by atomic mass is 32.1. The first-order chi connectivity index (χ1) is 7.25. The van der Waals surface area contributed by atoms with Gasteiger partial charge < -0.3 is 10.5 Å². The van der Waals surface area contributed by atoms with Crippen LogP contribution in [-0.2, 0) is 6.61 Å². The molecule has 6 heteroatoms. The molecule has 0 amide bonds. The van der Waals surface area contributed by atoms with Gasteiger partial charge in [0.2, 0.25) is 5.13 Å². The van der Waals surface area contributed by atoms with Gasteiger partial charge in [-0.25, -0.2) is 4.39 Å². The van der Waals surface area contributed by atoms with Crippen molar-refractivity contribution in [3.63, 3.8) is 0 Å². The van der Waals surface area contributed by atoms with Crippen molar-refractivity contribution in [3.05, 3.63) is 35.1 Å². The fourth-order valence-electron chi connectivity index (χ4n) is 1.03. The molecule has 0 aliphatic carbocycles. The van der Waals surface area contributed by atoms with E-state index in [4.69, 9.17) is 10.5 Å². The molecule has 4 nitrogen and oxygen atoms in total. The number of nitrogen functional groups attached to an aromatic ring is 1. The smallest absolute Gasteiger partial charge is 0.203 e. The molecular formula is C9H8FN3OS. The van der Waals surface area contributed by atoms with Crippen LogP contribution >= 0.6 is 11.3 Å². The predicted molar refractivity (Wildman–Crippen MR) is 55.1 cm³/mol. The Morgan fingerprint density at radius 2 is 2.13 bits per heavy atom. The molecule has 1 aromatic carbocycles. The lowest BCUT2D eigenvalue weighted by Crippen LogP contribution is -1.96. The number of halogens is 1. The van der Waals surface area contributed by atoms with Crippen molar-refractivity contribution in [2.24, 2.45) is 0 Å². The lowest BCUT2D eigenvalue weighted by Gasteiger charge is -2.03. The molecule has 1 aromatic heterocycles. The van der Waals surface area contributed by atoms with E-state index in [0.717, 1.165) is 0 Å². The van der Waals surface area contributed by atoms with Crippen LogP contribution in [0.4, 0.5) is 9.52 Å². The normalized spacial score (nSPS) is 10.2. The maximum atomic E-state index is 13.1. The van der Waals surface area contributed by atoms with Crippen molar-refractivity contribution >= 4 is 16.5 Å². The minimum atomic E-state index is -0.394. The highest BCUT2D eigenvalue weighted by Gasteiger charge is 2.04. The number of rotatable bonds is 3. The van der Waals surface area contributed by atoms with Crippen molar-refractivity contribution in [1.29, 1.82) is 0 Å². The third kappa shape index (κ3) is 2.41. The number of nitrogens with two attached hydrogens (primary N) is 1. The Labute approximate surface area is 89.5 Å². The Kier molecular flexibility index (Phi) is 2.77. The average molecular weight is 225 g/mol. The summed E-state index contributed by atoms with van der Waals surface area (Å²) in [6.07, 6.45) is 0. The van der Waals surface area contributed by atoms with Gasteiger partial charge in [-0.2, -0.15) is 0 Å².